The van der Waals surface area contributed by atoms with E-state index in [2.05, 4.69) is 10.2 Å². The molecule has 5 nitrogen and oxygen atoms in total. The van der Waals surface area contributed by atoms with Crippen molar-refractivity contribution >= 4 is 0 Å². The Bertz CT molecular complexity index is 557. The molecular formula is C12H15N3O2. The summed E-state index contributed by atoms with van der Waals surface area (Å²) in [4.78, 5) is 11.4. The molecule has 0 fully saturated rings. The molecule has 1 N–H and O–H groups in total. The summed E-state index contributed by atoms with van der Waals surface area (Å²) in [5.41, 5.74) is 0.906. The molecule has 0 spiro atoms. The van der Waals surface area contributed by atoms with Crippen LogP contribution in [-0.2, 0) is 13.0 Å². The molecule has 0 atom stereocenters. The van der Waals surface area contributed by atoms with Gasteiger partial charge in [-0.25, -0.2) is 9.89 Å². The molecule has 0 radical (unpaired) electrons. The van der Waals surface area contributed by atoms with Gasteiger partial charge in [-0.05, 0) is 24.6 Å². The molecule has 0 bridgehead atoms. The number of ether oxygens (including phenoxy) is 1. The van der Waals surface area contributed by atoms with Gasteiger partial charge in [0.1, 0.15) is 11.6 Å². The first kappa shape index (κ1) is 11.4. The largest absolute Gasteiger partial charge is 0.497 e. The van der Waals surface area contributed by atoms with Gasteiger partial charge in [-0.2, -0.15) is 5.10 Å². The van der Waals surface area contributed by atoms with Crippen LogP contribution < -0.4 is 10.4 Å². The van der Waals surface area contributed by atoms with Gasteiger partial charge < -0.3 is 4.74 Å². The van der Waals surface area contributed by atoms with Crippen LogP contribution in [0.15, 0.2) is 29.1 Å². The first-order valence-electron chi connectivity index (χ1n) is 5.51. The molecule has 0 aliphatic heterocycles. The number of aromatic nitrogens is 3. The fraction of sp³-hybridized carbons (Fsp3) is 0.333. The normalized spacial score (nSPS) is 10.5. The predicted molar refractivity (Wildman–Crippen MR) is 64.3 cm³/mol. The summed E-state index contributed by atoms with van der Waals surface area (Å²) in [5, 5.41) is 6.49. The highest BCUT2D eigenvalue weighted by Gasteiger charge is 2.07. The molecule has 0 amide bonds. The molecular weight excluding hydrogens is 218 g/mol. The predicted octanol–water partition coefficient (Wildman–Crippen LogP) is 1.19. The zero-order valence-electron chi connectivity index (χ0n) is 9.93. The second-order valence-electron chi connectivity index (χ2n) is 3.72. The van der Waals surface area contributed by atoms with Crippen molar-refractivity contribution in [1.29, 1.82) is 0 Å². The van der Waals surface area contributed by atoms with Crippen molar-refractivity contribution in [3.8, 4) is 5.75 Å². The Morgan fingerprint density at radius 2 is 2.29 bits per heavy atom. The maximum atomic E-state index is 11.4. The van der Waals surface area contributed by atoms with Gasteiger partial charge in [0, 0.05) is 13.0 Å². The van der Waals surface area contributed by atoms with Crippen LogP contribution in [0.5, 0.6) is 5.75 Å². The number of aromatic amines is 1. The van der Waals surface area contributed by atoms with Gasteiger partial charge >= 0.3 is 5.69 Å². The van der Waals surface area contributed by atoms with E-state index in [4.69, 9.17) is 4.74 Å². The Balaban J connectivity index is 2.28. The summed E-state index contributed by atoms with van der Waals surface area (Å²) in [5.74, 6) is 1.55. The molecule has 0 unspecified atom stereocenters. The maximum Gasteiger partial charge on any atom is 0.343 e. The van der Waals surface area contributed by atoms with Gasteiger partial charge in [0.15, 0.2) is 0 Å². The molecule has 1 aromatic carbocycles. The number of benzene rings is 1. The molecule has 17 heavy (non-hydrogen) atoms. The summed E-state index contributed by atoms with van der Waals surface area (Å²) in [6, 6.07) is 7.75. The second-order valence-corrected chi connectivity index (χ2v) is 3.72. The van der Waals surface area contributed by atoms with Crippen LogP contribution in [0.3, 0.4) is 0 Å². The van der Waals surface area contributed by atoms with Crippen molar-refractivity contribution in [3.63, 3.8) is 0 Å². The molecule has 90 valence electrons. The monoisotopic (exact) mass is 233 g/mol. The van der Waals surface area contributed by atoms with Crippen molar-refractivity contribution in [2.45, 2.75) is 19.9 Å². The van der Waals surface area contributed by atoms with Gasteiger partial charge in [-0.15, -0.1) is 0 Å². The number of hydrogen-bond donors (Lipinski definition) is 1. The van der Waals surface area contributed by atoms with E-state index in [1.807, 2.05) is 31.2 Å². The molecule has 0 aliphatic rings. The lowest BCUT2D eigenvalue weighted by Gasteiger charge is -2.04. The van der Waals surface area contributed by atoms with E-state index in [-0.39, 0.29) is 5.69 Å². The molecule has 2 aromatic rings. The standard InChI is InChI=1S/C12H15N3O2/c1-3-15-11(13-14-12(15)16)8-9-5-4-6-10(7-9)17-2/h4-7H,3,8H2,1-2H3,(H,14,16). The van der Waals surface area contributed by atoms with Gasteiger partial charge in [0.05, 0.1) is 7.11 Å². The van der Waals surface area contributed by atoms with Crippen molar-refractivity contribution in [2.24, 2.45) is 0 Å². The maximum absolute atomic E-state index is 11.4. The molecule has 0 saturated carbocycles. The average molecular weight is 233 g/mol. The third kappa shape index (κ3) is 2.38. The van der Waals surface area contributed by atoms with Crippen molar-refractivity contribution in [2.75, 3.05) is 7.11 Å². The van der Waals surface area contributed by atoms with Gasteiger partial charge in [0.2, 0.25) is 0 Å². The van der Waals surface area contributed by atoms with Crippen molar-refractivity contribution in [1.82, 2.24) is 14.8 Å². The smallest absolute Gasteiger partial charge is 0.343 e. The minimum atomic E-state index is -0.162. The molecule has 1 heterocycles. The highest BCUT2D eigenvalue weighted by Crippen LogP contribution is 2.14. The Morgan fingerprint density at radius 3 is 3.00 bits per heavy atom. The summed E-state index contributed by atoms with van der Waals surface area (Å²) in [6.07, 6.45) is 0.615. The summed E-state index contributed by atoms with van der Waals surface area (Å²) in [7, 11) is 1.63. The van der Waals surface area contributed by atoms with Crippen LogP contribution in [0.2, 0.25) is 0 Å². The minimum Gasteiger partial charge on any atom is -0.497 e. The van der Waals surface area contributed by atoms with Crippen LogP contribution in [0.1, 0.15) is 18.3 Å². The molecule has 5 heteroatoms. The number of rotatable bonds is 4. The number of H-pyrrole nitrogens is 1. The Kier molecular flexibility index (Phi) is 3.27. The van der Waals surface area contributed by atoms with Crippen molar-refractivity contribution in [3.05, 3.63) is 46.1 Å². The van der Waals surface area contributed by atoms with Crippen LogP contribution in [0.4, 0.5) is 0 Å². The highest BCUT2D eigenvalue weighted by atomic mass is 16.5. The quantitative estimate of drug-likeness (QED) is 0.863. The van der Waals surface area contributed by atoms with Crippen LogP contribution >= 0.6 is 0 Å². The third-order valence-electron chi connectivity index (χ3n) is 2.65. The van der Waals surface area contributed by atoms with Crippen LogP contribution in [-0.4, -0.2) is 21.9 Å². The van der Waals surface area contributed by atoms with Crippen LogP contribution in [0.25, 0.3) is 0 Å². The molecule has 0 aliphatic carbocycles. The number of hydrogen-bond acceptors (Lipinski definition) is 3. The molecule has 2 rings (SSSR count). The van der Waals surface area contributed by atoms with Gasteiger partial charge in [0.25, 0.3) is 0 Å². The number of nitrogens with one attached hydrogen (secondary N) is 1. The van der Waals surface area contributed by atoms with E-state index >= 15 is 0 Å². The average Bonchev–Trinajstić information content (AvgIpc) is 2.70. The van der Waals surface area contributed by atoms with Gasteiger partial charge in [-0.1, -0.05) is 12.1 Å². The fourth-order valence-electron chi connectivity index (χ4n) is 1.78. The SMILES string of the molecule is CCn1c(Cc2cccc(OC)c2)n[nH]c1=O. The summed E-state index contributed by atoms with van der Waals surface area (Å²) < 4.78 is 6.78. The van der Waals surface area contributed by atoms with E-state index in [0.717, 1.165) is 17.1 Å². The first-order valence-corrected chi connectivity index (χ1v) is 5.51. The summed E-state index contributed by atoms with van der Waals surface area (Å²) >= 11 is 0. The van der Waals surface area contributed by atoms with E-state index < -0.39 is 0 Å². The third-order valence-corrected chi connectivity index (χ3v) is 2.65. The fourth-order valence-corrected chi connectivity index (χ4v) is 1.78. The van der Waals surface area contributed by atoms with E-state index in [1.54, 1.807) is 11.7 Å². The summed E-state index contributed by atoms with van der Waals surface area (Å²) in [6.45, 7) is 2.54. The van der Waals surface area contributed by atoms with E-state index in [1.165, 1.54) is 0 Å². The van der Waals surface area contributed by atoms with E-state index in [0.29, 0.717) is 13.0 Å². The second kappa shape index (κ2) is 4.86. The van der Waals surface area contributed by atoms with Crippen molar-refractivity contribution < 1.29 is 4.74 Å². The highest BCUT2D eigenvalue weighted by molar-refractivity contribution is 5.30. The Labute approximate surface area is 99.1 Å². The lowest BCUT2D eigenvalue weighted by Crippen LogP contribution is -2.17. The lowest BCUT2D eigenvalue weighted by atomic mass is 10.1. The first-order chi connectivity index (χ1) is 8.24. The van der Waals surface area contributed by atoms with Crippen LogP contribution in [0, 0.1) is 0 Å². The molecule has 0 saturated heterocycles. The molecule has 1 aromatic heterocycles. The van der Waals surface area contributed by atoms with Gasteiger partial charge in [-0.3, -0.25) is 4.57 Å². The number of nitrogens with zero attached hydrogens (tertiary/aromatic N) is 2. The Hall–Kier alpha value is -2.04. The minimum absolute atomic E-state index is 0.162. The number of methoxy groups -OCH3 is 1. The van der Waals surface area contributed by atoms with E-state index in [9.17, 15) is 4.79 Å². The lowest BCUT2D eigenvalue weighted by molar-refractivity contribution is 0.414. The Morgan fingerprint density at radius 1 is 1.47 bits per heavy atom. The zero-order valence-corrected chi connectivity index (χ0v) is 9.93. The topological polar surface area (TPSA) is 59.9 Å². The zero-order chi connectivity index (χ0) is 12.3.